The maximum absolute atomic E-state index is 13.2. The number of benzene rings is 2. The number of halogens is 1. The average Bonchev–Trinajstić information content (AvgIpc) is 3.72. The summed E-state index contributed by atoms with van der Waals surface area (Å²) in [6.07, 6.45) is 4.16. The van der Waals surface area contributed by atoms with Gasteiger partial charge < -0.3 is 10.2 Å². The Hall–Kier alpha value is -2.99. The van der Waals surface area contributed by atoms with Crippen LogP contribution in [0.4, 0.5) is 4.39 Å². The fourth-order valence-corrected chi connectivity index (χ4v) is 4.54. The molecule has 2 amide bonds. The van der Waals surface area contributed by atoms with Crippen molar-refractivity contribution >= 4 is 23.2 Å². The van der Waals surface area contributed by atoms with Crippen LogP contribution in [0.2, 0.25) is 0 Å². The minimum atomic E-state index is -0.271. The number of hydrogen-bond acceptors (Lipinski definition) is 3. The van der Waals surface area contributed by atoms with Crippen LogP contribution in [-0.4, -0.2) is 28.8 Å². The van der Waals surface area contributed by atoms with E-state index >= 15 is 0 Å². The van der Waals surface area contributed by atoms with Gasteiger partial charge in [0.2, 0.25) is 0 Å². The van der Waals surface area contributed by atoms with Gasteiger partial charge in [-0.2, -0.15) is 0 Å². The van der Waals surface area contributed by atoms with E-state index in [2.05, 4.69) is 5.32 Å². The fraction of sp³-hybridized carbons (Fsp3) is 0.280. The van der Waals surface area contributed by atoms with Crippen LogP contribution < -0.4 is 5.32 Å². The van der Waals surface area contributed by atoms with Crippen LogP contribution in [0.5, 0.6) is 0 Å². The molecule has 0 aliphatic heterocycles. The van der Waals surface area contributed by atoms with Crippen molar-refractivity contribution in [1.82, 2.24) is 10.2 Å². The van der Waals surface area contributed by atoms with E-state index in [9.17, 15) is 14.0 Å². The van der Waals surface area contributed by atoms with Crippen LogP contribution in [0.1, 0.15) is 51.3 Å². The smallest absolute Gasteiger partial charge is 0.264 e. The predicted octanol–water partition coefficient (Wildman–Crippen LogP) is 5.25. The van der Waals surface area contributed by atoms with Crippen molar-refractivity contribution in [2.45, 2.75) is 44.3 Å². The number of carbonyl (C=O) groups is 2. The second-order valence-electron chi connectivity index (χ2n) is 8.28. The maximum Gasteiger partial charge on any atom is 0.264 e. The highest BCUT2D eigenvalue weighted by atomic mass is 32.1. The van der Waals surface area contributed by atoms with Gasteiger partial charge in [-0.3, -0.25) is 9.59 Å². The van der Waals surface area contributed by atoms with Gasteiger partial charge in [0.1, 0.15) is 5.82 Å². The van der Waals surface area contributed by atoms with Crippen LogP contribution in [0.25, 0.3) is 10.4 Å². The largest absolute Gasteiger partial charge is 0.349 e. The molecule has 2 aliphatic rings. The molecule has 4 nitrogen and oxygen atoms in total. The van der Waals surface area contributed by atoms with E-state index < -0.39 is 0 Å². The lowest BCUT2D eigenvalue weighted by Crippen LogP contribution is -2.32. The first-order valence-corrected chi connectivity index (χ1v) is 11.4. The van der Waals surface area contributed by atoms with E-state index in [0.717, 1.165) is 41.7 Å². The zero-order valence-corrected chi connectivity index (χ0v) is 17.8. The van der Waals surface area contributed by atoms with Gasteiger partial charge in [0, 0.05) is 29.1 Å². The van der Waals surface area contributed by atoms with Crippen molar-refractivity contribution in [3.63, 3.8) is 0 Å². The van der Waals surface area contributed by atoms with Crippen molar-refractivity contribution in [3.8, 4) is 10.4 Å². The number of rotatable bonds is 7. The Morgan fingerprint density at radius 1 is 0.935 bits per heavy atom. The summed E-state index contributed by atoms with van der Waals surface area (Å²) in [5.74, 6) is -0.278. The standard InChI is InChI=1S/C25H23FN2O2S/c26-19-7-5-17(6-8-19)22-13-14-23(31-22)25(30)28(21-11-12-21)15-16-1-3-18(4-2-16)24(29)27-20-9-10-20/h1-8,13-14,20-21H,9-12,15H2,(H,27,29). The van der Waals surface area contributed by atoms with E-state index in [1.807, 2.05) is 41.3 Å². The lowest BCUT2D eigenvalue weighted by Gasteiger charge is -2.22. The normalized spacial score (nSPS) is 15.5. The highest BCUT2D eigenvalue weighted by Gasteiger charge is 2.33. The van der Waals surface area contributed by atoms with E-state index in [4.69, 9.17) is 0 Å². The molecular formula is C25H23FN2O2S. The van der Waals surface area contributed by atoms with Crippen molar-refractivity contribution in [2.24, 2.45) is 0 Å². The quantitative estimate of drug-likeness (QED) is 0.552. The summed E-state index contributed by atoms with van der Waals surface area (Å²) in [7, 11) is 0. The van der Waals surface area contributed by atoms with Crippen LogP contribution in [0, 0.1) is 5.82 Å². The molecule has 6 heteroatoms. The first-order valence-electron chi connectivity index (χ1n) is 10.6. The molecule has 0 bridgehead atoms. The van der Waals surface area contributed by atoms with Crippen LogP contribution in [0.15, 0.2) is 60.7 Å². The highest BCUT2D eigenvalue weighted by molar-refractivity contribution is 7.17. The second-order valence-corrected chi connectivity index (χ2v) is 9.36. The van der Waals surface area contributed by atoms with E-state index in [1.165, 1.54) is 23.5 Å². The minimum Gasteiger partial charge on any atom is -0.349 e. The molecule has 0 unspecified atom stereocenters. The molecule has 2 fully saturated rings. The zero-order valence-electron chi connectivity index (χ0n) is 17.0. The predicted molar refractivity (Wildman–Crippen MR) is 120 cm³/mol. The second kappa shape index (κ2) is 8.27. The summed E-state index contributed by atoms with van der Waals surface area (Å²) in [6, 6.07) is 18.2. The molecule has 2 saturated carbocycles. The first kappa shape index (κ1) is 19.9. The lowest BCUT2D eigenvalue weighted by atomic mass is 10.1. The van der Waals surface area contributed by atoms with Gasteiger partial charge in [0.05, 0.1) is 4.88 Å². The lowest BCUT2D eigenvalue weighted by molar-refractivity contribution is 0.0734. The van der Waals surface area contributed by atoms with Crippen molar-refractivity contribution in [2.75, 3.05) is 0 Å². The minimum absolute atomic E-state index is 0.0245. The van der Waals surface area contributed by atoms with Gasteiger partial charge in [0.15, 0.2) is 0 Å². The van der Waals surface area contributed by atoms with Gasteiger partial charge in [-0.25, -0.2) is 4.39 Å². The third-order valence-electron chi connectivity index (χ3n) is 5.68. The van der Waals surface area contributed by atoms with Gasteiger partial charge in [-0.15, -0.1) is 11.3 Å². The Balaban J connectivity index is 1.29. The van der Waals surface area contributed by atoms with Crippen LogP contribution >= 0.6 is 11.3 Å². The molecule has 0 atom stereocenters. The molecule has 31 heavy (non-hydrogen) atoms. The summed E-state index contributed by atoms with van der Waals surface area (Å²) in [5.41, 5.74) is 2.57. The SMILES string of the molecule is O=C(NC1CC1)c1ccc(CN(C(=O)c2ccc(-c3ccc(F)cc3)s2)C2CC2)cc1. The maximum atomic E-state index is 13.2. The highest BCUT2D eigenvalue weighted by Crippen LogP contribution is 2.34. The van der Waals surface area contributed by atoms with E-state index in [0.29, 0.717) is 23.0 Å². The molecule has 5 rings (SSSR count). The molecule has 158 valence electrons. The molecular weight excluding hydrogens is 411 g/mol. The number of carbonyl (C=O) groups excluding carboxylic acids is 2. The van der Waals surface area contributed by atoms with E-state index in [-0.39, 0.29) is 23.7 Å². The molecule has 2 aromatic carbocycles. The molecule has 0 radical (unpaired) electrons. The van der Waals surface area contributed by atoms with Crippen LogP contribution in [0.3, 0.4) is 0 Å². The molecule has 1 N–H and O–H groups in total. The Bertz CT molecular complexity index is 1100. The molecule has 1 aromatic heterocycles. The third kappa shape index (κ3) is 4.69. The number of nitrogens with one attached hydrogen (secondary N) is 1. The average molecular weight is 435 g/mol. The number of nitrogens with zero attached hydrogens (tertiary/aromatic N) is 1. The fourth-order valence-electron chi connectivity index (χ4n) is 3.57. The summed E-state index contributed by atoms with van der Waals surface area (Å²) in [5, 5.41) is 2.99. The molecule has 0 saturated heterocycles. The van der Waals surface area contributed by atoms with Gasteiger partial charge in [-0.1, -0.05) is 24.3 Å². The summed E-state index contributed by atoms with van der Waals surface area (Å²) in [6.45, 7) is 0.526. The Labute approximate surface area is 184 Å². The number of amides is 2. The summed E-state index contributed by atoms with van der Waals surface area (Å²) in [4.78, 5) is 29.0. The van der Waals surface area contributed by atoms with Crippen molar-refractivity contribution in [1.29, 1.82) is 0 Å². The number of thiophene rings is 1. The van der Waals surface area contributed by atoms with Gasteiger partial charge >= 0.3 is 0 Å². The topological polar surface area (TPSA) is 49.4 Å². The molecule has 3 aromatic rings. The number of hydrogen-bond donors (Lipinski definition) is 1. The van der Waals surface area contributed by atoms with Crippen molar-refractivity contribution in [3.05, 3.63) is 82.5 Å². The third-order valence-corrected chi connectivity index (χ3v) is 6.80. The molecule has 0 spiro atoms. The molecule has 2 aliphatic carbocycles. The zero-order chi connectivity index (χ0) is 21.4. The monoisotopic (exact) mass is 434 g/mol. The Morgan fingerprint density at radius 3 is 2.29 bits per heavy atom. The first-order chi connectivity index (χ1) is 15.1. The van der Waals surface area contributed by atoms with Gasteiger partial charge in [0.25, 0.3) is 11.8 Å². The van der Waals surface area contributed by atoms with Gasteiger partial charge in [-0.05, 0) is 73.2 Å². The van der Waals surface area contributed by atoms with Crippen LogP contribution in [-0.2, 0) is 6.54 Å². The van der Waals surface area contributed by atoms with E-state index in [1.54, 1.807) is 12.1 Å². The summed E-state index contributed by atoms with van der Waals surface area (Å²) < 4.78 is 13.2. The van der Waals surface area contributed by atoms with Crippen molar-refractivity contribution < 1.29 is 14.0 Å². The Kier molecular flexibility index (Phi) is 5.32. The Morgan fingerprint density at radius 2 is 1.65 bits per heavy atom. The molecule has 1 heterocycles. The summed E-state index contributed by atoms with van der Waals surface area (Å²) >= 11 is 1.44.